The lowest BCUT2D eigenvalue weighted by atomic mass is 10.2. The molecule has 0 fully saturated rings. The Kier molecular flexibility index (Phi) is 6.68. The van der Waals surface area contributed by atoms with Crippen LogP contribution in [0, 0.1) is 12.3 Å². The topological polar surface area (TPSA) is 78.4 Å². The van der Waals surface area contributed by atoms with E-state index in [1.165, 1.54) is 6.08 Å². The zero-order valence-corrected chi connectivity index (χ0v) is 8.32. The second-order valence-corrected chi connectivity index (χ2v) is 2.79. The third-order valence-corrected chi connectivity index (χ3v) is 1.55. The first-order valence-corrected chi connectivity index (χ1v) is 4.39. The van der Waals surface area contributed by atoms with Gasteiger partial charge in [-0.2, -0.15) is 0 Å². The van der Waals surface area contributed by atoms with Crippen molar-refractivity contribution in [2.45, 2.75) is 12.5 Å². The number of rotatable bonds is 7. The second kappa shape index (κ2) is 7.59. The molecule has 3 N–H and O–H groups in total. The molecule has 0 aromatic carbocycles. The van der Waals surface area contributed by atoms with E-state index in [1.807, 2.05) is 0 Å². The summed E-state index contributed by atoms with van der Waals surface area (Å²) in [6.07, 6.45) is 6.59. The lowest BCUT2D eigenvalue weighted by molar-refractivity contribution is -0.141. The van der Waals surface area contributed by atoms with Crippen LogP contribution in [0.4, 0.5) is 0 Å². The van der Waals surface area contributed by atoms with E-state index in [2.05, 4.69) is 23.1 Å². The normalized spacial score (nSPS) is 11.1. The fourth-order valence-corrected chi connectivity index (χ4v) is 0.882. The number of carbonyl (C=O) groups excluding carboxylic acids is 1. The molecule has 82 valence electrons. The number of aliphatic carboxylic acids is 1. The van der Waals surface area contributed by atoms with Gasteiger partial charge in [0, 0.05) is 0 Å². The number of carboxylic acids is 1. The second-order valence-electron chi connectivity index (χ2n) is 2.79. The number of nitrogens with one attached hydrogen (secondary N) is 2. The van der Waals surface area contributed by atoms with Gasteiger partial charge in [-0.15, -0.1) is 13.0 Å². The molecule has 1 unspecified atom stereocenters. The summed E-state index contributed by atoms with van der Waals surface area (Å²) in [5, 5.41) is 13.7. The van der Waals surface area contributed by atoms with E-state index >= 15 is 0 Å². The van der Waals surface area contributed by atoms with E-state index in [0.717, 1.165) is 0 Å². The van der Waals surface area contributed by atoms with E-state index in [9.17, 15) is 9.59 Å². The van der Waals surface area contributed by atoms with Crippen LogP contribution in [-0.2, 0) is 9.59 Å². The van der Waals surface area contributed by atoms with Crippen LogP contribution in [0.1, 0.15) is 6.42 Å². The summed E-state index contributed by atoms with van der Waals surface area (Å²) in [6, 6.07) is -0.928. The highest BCUT2D eigenvalue weighted by molar-refractivity contribution is 5.84. The van der Waals surface area contributed by atoms with Gasteiger partial charge >= 0.3 is 5.97 Å². The minimum Gasteiger partial charge on any atom is -0.480 e. The van der Waals surface area contributed by atoms with Crippen LogP contribution in [-0.4, -0.2) is 36.1 Å². The SMILES string of the molecule is C#CCNCC(=O)NC(CC=C)C(=O)O. The van der Waals surface area contributed by atoms with Gasteiger partial charge < -0.3 is 10.4 Å². The Morgan fingerprint density at radius 1 is 1.60 bits per heavy atom. The first-order valence-electron chi connectivity index (χ1n) is 4.39. The lowest BCUT2D eigenvalue weighted by Crippen LogP contribution is -2.44. The maximum absolute atomic E-state index is 11.2. The van der Waals surface area contributed by atoms with E-state index < -0.39 is 17.9 Å². The van der Waals surface area contributed by atoms with E-state index in [1.54, 1.807) is 0 Å². The van der Waals surface area contributed by atoms with Gasteiger partial charge in [0.05, 0.1) is 13.1 Å². The van der Waals surface area contributed by atoms with Crippen LogP contribution < -0.4 is 10.6 Å². The van der Waals surface area contributed by atoms with Crippen molar-refractivity contribution in [3.63, 3.8) is 0 Å². The smallest absolute Gasteiger partial charge is 0.326 e. The van der Waals surface area contributed by atoms with Crippen molar-refractivity contribution in [3.05, 3.63) is 12.7 Å². The van der Waals surface area contributed by atoms with Gasteiger partial charge in [0.25, 0.3) is 0 Å². The Labute approximate surface area is 88.6 Å². The Bertz CT molecular complexity index is 281. The number of carbonyl (C=O) groups is 2. The van der Waals surface area contributed by atoms with Crippen molar-refractivity contribution in [1.29, 1.82) is 0 Å². The van der Waals surface area contributed by atoms with Gasteiger partial charge in [-0.3, -0.25) is 10.1 Å². The molecule has 0 aliphatic carbocycles. The van der Waals surface area contributed by atoms with Crippen molar-refractivity contribution in [1.82, 2.24) is 10.6 Å². The van der Waals surface area contributed by atoms with E-state index in [-0.39, 0.29) is 19.5 Å². The third kappa shape index (κ3) is 6.29. The van der Waals surface area contributed by atoms with Crippen LogP contribution >= 0.6 is 0 Å². The summed E-state index contributed by atoms with van der Waals surface area (Å²) < 4.78 is 0. The number of hydrogen-bond donors (Lipinski definition) is 3. The molecule has 0 rings (SSSR count). The molecular weight excluding hydrogens is 196 g/mol. The number of amides is 1. The molecular formula is C10H14N2O3. The van der Waals surface area contributed by atoms with Crippen molar-refractivity contribution in [3.8, 4) is 12.3 Å². The molecule has 0 aliphatic heterocycles. The summed E-state index contributed by atoms with van der Waals surface area (Å²) >= 11 is 0. The predicted molar refractivity (Wildman–Crippen MR) is 56.1 cm³/mol. The van der Waals surface area contributed by atoms with Gasteiger partial charge in [-0.1, -0.05) is 12.0 Å². The molecule has 1 amide bonds. The number of carboxylic acid groups (broad SMARTS) is 1. The highest BCUT2D eigenvalue weighted by Gasteiger charge is 2.17. The van der Waals surface area contributed by atoms with Crippen molar-refractivity contribution in [2.75, 3.05) is 13.1 Å². The summed E-state index contributed by atoms with van der Waals surface area (Å²) in [5.74, 6) is 0.814. The Morgan fingerprint density at radius 3 is 2.73 bits per heavy atom. The molecule has 0 aromatic heterocycles. The highest BCUT2D eigenvalue weighted by atomic mass is 16.4. The standard InChI is InChI=1S/C10H14N2O3/c1-3-5-8(10(14)15)12-9(13)7-11-6-4-2/h2-3,8,11H,1,5-7H2,(H,12,13)(H,14,15). The molecule has 0 aliphatic rings. The quantitative estimate of drug-likeness (QED) is 0.296. The molecule has 5 heteroatoms. The minimum atomic E-state index is -1.08. The molecule has 0 saturated heterocycles. The monoisotopic (exact) mass is 210 g/mol. The largest absolute Gasteiger partial charge is 0.480 e. The predicted octanol–water partition coefficient (Wildman–Crippen LogP) is -0.645. The van der Waals surface area contributed by atoms with Gasteiger partial charge in [0.15, 0.2) is 0 Å². The van der Waals surface area contributed by atoms with Crippen LogP contribution in [0.3, 0.4) is 0 Å². The first-order chi connectivity index (χ1) is 7.11. The molecule has 0 saturated carbocycles. The summed E-state index contributed by atoms with van der Waals surface area (Å²) in [6.45, 7) is 3.68. The average Bonchev–Trinajstić information content (AvgIpc) is 2.17. The highest BCUT2D eigenvalue weighted by Crippen LogP contribution is 1.92. The fourth-order valence-electron chi connectivity index (χ4n) is 0.882. The number of terminal acetylenes is 1. The van der Waals surface area contributed by atoms with Crippen molar-refractivity contribution >= 4 is 11.9 Å². The van der Waals surface area contributed by atoms with Crippen LogP contribution in [0.2, 0.25) is 0 Å². The molecule has 1 atom stereocenters. The maximum atomic E-state index is 11.2. The van der Waals surface area contributed by atoms with Gasteiger partial charge in [0.2, 0.25) is 5.91 Å². The molecule has 0 spiro atoms. The van der Waals surface area contributed by atoms with Crippen molar-refractivity contribution < 1.29 is 14.7 Å². The Morgan fingerprint density at radius 2 is 2.27 bits per heavy atom. The minimum absolute atomic E-state index is 0.00508. The van der Waals surface area contributed by atoms with Gasteiger partial charge in [0.1, 0.15) is 6.04 Å². The maximum Gasteiger partial charge on any atom is 0.326 e. The zero-order valence-electron chi connectivity index (χ0n) is 8.32. The van der Waals surface area contributed by atoms with Crippen LogP contribution in [0.15, 0.2) is 12.7 Å². The summed E-state index contributed by atoms with van der Waals surface area (Å²) in [4.78, 5) is 21.8. The van der Waals surface area contributed by atoms with Gasteiger partial charge in [-0.05, 0) is 6.42 Å². The lowest BCUT2D eigenvalue weighted by Gasteiger charge is -2.12. The Balaban J connectivity index is 3.95. The summed E-state index contributed by atoms with van der Waals surface area (Å²) in [7, 11) is 0. The van der Waals surface area contributed by atoms with Crippen LogP contribution in [0.5, 0.6) is 0 Å². The zero-order chi connectivity index (χ0) is 11.7. The van der Waals surface area contributed by atoms with Crippen LogP contribution in [0.25, 0.3) is 0 Å². The van der Waals surface area contributed by atoms with Gasteiger partial charge in [-0.25, -0.2) is 4.79 Å². The third-order valence-electron chi connectivity index (χ3n) is 1.55. The number of hydrogen-bond acceptors (Lipinski definition) is 3. The molecule has 15 heavy (non-hydrogen) atoms. The fraction of sp³-hybridized carbons (Fsp3) is 0.400. The molecule has 0 radical (unpaired) electrons. The molecule has 5 nitrogen and oxygen atoms in total. The van der Waals surface area contributed by atoms with E-state index in [4.69, 9.17) is 11.5 Å². The molecule has 0 heterocycles. The average molecular weight is 210 g/mol. The Hall–Kier alpha value is -1.80. The molecule has 0 bridgehead atoms. The molecule has 0 aromatic rings. The summed E-state index contributed by atoms with van der Waals surface area (Å²) in [5.41, 5.74) is 0. The van der Waals surface area contributed by atoms with Crippen molar-refractivity contribution in [2.24, 2.45) is 0 Å². The van der Waals surface area contributed by atoms with E-state index in [0.29, 0.717) is 0 Å². The first kappa shape index (κ1) is 13.2.